The Morgan fingerprint density at radius 1 is 0.377 bits per heavy atom. The second-order valence-corrected chi connectivity index (χ2v) is 19.6. The highest BCUT2D eigenvalue weighted by Gasteiger charge is 2.41. The van der Waals surface area contributed by atoms with Gasteiger partial charge in [0.1, 0.15) is 11.2 Å². The lowest BCUT2D eigenvalue weighted by Crippen LogP contribution is -2.74. The van der Waals surface area contributed by atoms with E-state index in [2.05, 4.69) is 0 Å². The number of fused-ring (bicyclic) bond motifs is 6. The first kappa shape index (κ1) is 23.2. The molecule has 0 radical (unpaired) electrons. The van der Waals surface area contributed by atoms with Gasteiger partial charge in [-0.3, -0.25) is 0 Å². The van der Waals surface area contributed by atoms with Crippen molar-refractivity contribution in [3.63, 3.8) is 0 Å². The summed E-state index contributed by atoms with van der Waals surface area (Å²) in [5.41, 5.74) is -5.23. The molecule has 0 unspecified atom stereocenters. The lowest BCUT2D eigenvalue weighted by molar-refractivity contribution is 0.669. The van der Waals surface area contributed by atoms with Crippen molar-refractivity contribution in [2.75, 3.05) is 0 Å². The van der Waals surface area contributed by atoms with Crippen LogP contribution in [0.3, 0.4) is 0 Å². The van der Waals surface area contributed by atoms with E-state index in [4.69, 9.17) is 34.4 Å². The first-order valence-corrected chi connectivity index (χ1v) is 23.5. The van der Waals surface area contributed by atoms with Crippen LogP contribution < -0.4 is 20.7 Å². The molecule has 0 aliphatic rings. The van der Waals surface area contributed by atoms with Crippen molar-refractivity contribution in [1.82, 2.24) is 19.5 Å². The van der Waals surface area contributed by atoms with Crippen molar-refractivity contribution >= 4 is 72.6 Å². The van der Waals surface area contributed by atoms with Gasteiger partial charge in [-0.1, -0.05) is 206 Å². The van der Waals surface area contributed by atoms with Crippen molar-refractivity contribution in [3.05, 3.63) is 254 Å². The molecule has 0 amide bonds. The van der Waals surface area contributed by atoms with Gasteiger partial charge in [-0.15, -0.1) is 0 Å². The van der Waals surface area contributed by atoms with Crippen molar-refractivity contribution in [3.8, 4) is 51.0 Å². The lowest BCUT2D eigenvalue weighted by Gasteiger charge is -2.34. The first-order chi connectivity index (χ1) is 43.8. The molecule has 0 bridgehead atoms. The summed E-state index contributed by atoms with van der Waals surface area (Å²) in [5.74, 6) is -1.68. The van der Waals surface area contributed by atoms with Crippen LogP contribution >= 0.6 is 0 Å². The van der Waals surface area contributed by atoms with E-state index in [9.17, 15) is 16.4 Å². The van der Waals surface area contributed by atoms with Crippen LogP contribution in [0.4, 0.5) is 0 Å². The largest absolute Gasteiger partial charge is 0.456 e. The van der Waals surface area contributed by atoms with Gasteiger partial charge in [0.15, 0.2) is 25.5 Å². The molecule has 324 valence electrons. The molecule has 0 fully saturated rings. The van der Waals surface area contributed by atoms with Crippen LogP contribution in [0.1, 0.15) is 31.5 Å². The van der Waals surface area contributed by atoms with Gasteiger partial charge in [0.25, 0.3) is 0 Å². The summed E-state index contributed by atoms with van der Waals surface area (Å²) in [6, 6.07) is 17.9. The smallest absolute Gasteiger partial charge is 0.179 e. The van der Waals surface area contributed by atoms with Gasteiger partial charge in [-0.2, -0.15) is 0 Å². The molecule has 10 aromatic carbocycles. The van der Waals surface area contributed by atoms with Crippen LogP contribution in [0.25, 0.3) is 94.7 Å². The fourth-order valence-corrected chi connectivity index (χ4v) is 13.8. The fraction of sp³-hybridized carbons (Fsp3) is 0. The van der Waals surface area contributed by atoms with E-state index in [1.807, 2.05) is 103 Å². The van der Waals surface area contributed by atoms with Crippen LogP contribution in [0.15, 0.2) is 259 Å². The lowest BCUT2D eigenvalue weighted by atomic mass is 10.0. The molecule has 0 atom stereocenters. The van der Waals surface area contributed by atoms with Gasteiger partial charge >= 0.3 is 0 Å². The van der Waals surface area contributed by atoms with E-state index < -0.39 is 220 Å². The maximum atomic E-state index is 10.0. The van der Waals surface area contributed by atoms with Crippen molar-refractivity contribution in [2.24, 2.45) is 0 Å². The topological polar surface area (TPSA) is 56.7 Å². The third-order valence-corrected chi connectivity index (χ3v) is 16.7. The van der Waals surface area contributed by atoms with E-state index in [1.54, 1.807) is 12.1 Å². The molecule has 69 heavy (non-hydrogen) atoms. The highest BCUT2D eigenvalue weighted by Crippen LogP contribution is 2.37. The molecule has 3 heterocycles. The van der Waals surface area contributed by atoms with Gasteiger partial charge in [0.05, 0.1) is 48.2 Å². The summed E-state index contributed by atoms with van der Waals surface area (Å²) >= 11 is 0. The first-order valence-electron chi connectivity index (χ1n) is 33.0. The Hall–Kier alpha value is -8.97. The Labute approximate surface area is 432 Å². The Bertz CT molecular complexity index is 5230. The highest BCUT2D eigenvalue weighted by atomic mass is 28.3. The van der Waals surface area contributed by atoms with E-state index in [0.717, 1.165) is 25.3 Å². The second-order valence-electron chi connectivity index (χ2n) is 15.8. The standard InChI is InChI=1S/C63H42N4OSi/c1-4-23-47(24-5-1)69(48-25-6-2-7-26-48,49-27-8-3-9-28-49)50-29-19-22-46(41-50)62-64-61(45-21-18-20-43(40-45)44-38-39-54-53-32-13-17-37-59(53)68-60(54)42-44)65-63(66-62)55-33-12-16-36-58(55)67-56-34-14-10-30-51(56)52-31-11-15-35-57(52)67/h1-42H/i10D,11D,12D,13D,14D,15D,16D,17D,18D,20D,21D,30D,31D,32D,33D,34D,35D,36D,37D,38D,39D,40D,42D. The van der Waals surface area contributed by atoms with E-state index >= 15 is 0 Å². The molecule has 0 aliphatic heterocycles. The van der Waals surface area contributed by atoms with Crippen LogP contribution in [-0.2, 0) is 0 Å². The fourth-order valence-electron chi connectivity index (χ4n) is 8.97. The summed E-state index contributed by atoms with van der Waals surface area (Å²) in [6.07, 6.45) is 0. The van der Waals surface area contributed by atoms with Gasteiger partial charge in [-0.05, 0) is 80.2 Å². The predicted octanol–water partition coefficient (Wildman–Crippen LogP) is 12.9. The molecule has 0 aliphatic carbocycles. The number of rotatable bonds is 9. The minimum Gasteiger partial charge on any atom is -0.456 e. The number of hydrogen-bond acceptors (Lipinski definition) is 4. The number of benzene rings is 10. The minimum absolute atomic E-state index is 0.196. The Morgan fingerprint density at radius 3 is 1.58 bits per heavy atom. The van der Waals surface area contributed by atoms with Crippen LogP contribution in [0.5, 0.6) is 0 Å². The Morgan fingerprint density at radius 2 is 0.899 bits per heavy atom. The summed E-state index contributed by atoms with van der Waals surface area (Å²) in [5, 5.41) is 2.07. The Kier molecular flexibility index (Phi) is 5.61. The molecular weight excluding hydrogens is 857 g/mol. The highest BCUT2D eigenvalue weighted by molar-refractivity contribution is 7.19. The number of hydrogen-bond donors (Lipinski definition) is 0. The maximum Gasteiger partial charge on any atom is 0.179 e. The molecule has 3 aromatic heterocycles. The molecule has 13 rings (SSSR count). The van der Waals surface area contributed by atoms with Gasteiger partial charge in [-0.25, -0.2) is 15.0 Å². The molecule has 6 heteroatoms. The van der Waals surface area contributed by atoms with Crippen molar-refractivity contribution < 1.29 is 35.9 Å². The zero-order valence-electron chi connectivity index (χ0n) is 58.7. The van der Waals surface area contributed by atoms with Crippen molar-refractivity contribution in [1.29, 1.82) is 0 Å². The molecular formula is C63H42N4OSi. The van der Waals surface area contributed by atoms with E-state index in [-0.39, 0.29) is 22.2 Å². The average molecular weight is 922 g/mol. The summed E-state index contributed by atoms with van der Waals surface area (Å²) in [4.78, 5) is 14.6. The zero-order valence-corrected chi connectivity index (χ0v) is 36.7. The van der Waals surface area contributed by atoms with Gasteiger partial charge in [0.2, 0.25) is 0 Å². The normalized spacial score (nSPS) is 16.4. The number of furan rings is 1. The average Bonchev–Trinajstić information content (AvgIpc) is 1.57. The molecule has 0 N–H and O–H groups in total. The molecule has 5 nitrogen and oxygen atoms in total. The number of nitrogens with zero attached hydrogens (tertiary/aromatic N) is 4. The number of para-hydroxylation sites is 4. The second kappa shape index (κ2) is 16.7. The maximum absolute atomic E-state index is 10.0. The molecule has 0 saturated heterocycles. The Balaban J connectivity index is 1.18. The van der Waals surface area contributed by atoms with Crippen LogP contribution in [-0.4, -0.2) is 27.6 Å². The minimum atomic E-state index is -3.42. The zero-order chi connectivity index (χ0) is 65.7. The molecule has 0 saturated carbocycles. The van der Waals surface area contributed by atoms with Crippen LogP contribution in [0.2, 0.25) is 0 Å². The van der Waals surface area contributed by atoms with E-state index in [0.29, 0.717) is 0 Å². The van der Waals surface area contributed by atoms with Crippen LogP contribution in [0, 0.1) is 0 Å². The van der Waals surface area contributed by atoms with Crippen molar-refractivity contribution in [2.45, 2.75) is 0 Å². The third kappa shape index (κ3) is 6.80. The quantitative estimate of drug-likeness (QED) is 0.107. The monoisotopic (exact) mass is 921 g/mol. The van der Waals surface area contributed by atoms with Gasteiger partial charge in [0, 0.05) is 38.2 Å². The van der Waals surface area contributed by atoms with Gasteiger partial charge < -0.3 is 8.98 Å². The predicted molar refractivity (Wildman–Crippen MR) is 287 cm³/mol. The summed E-state index contributed by atoms with van der Waals surface area (Å²) in [7, 11) is -3.42. The molecule has 0 spiro atoms. The molecule has 13 aromatic rings. The SMILES string of the molecule is [2H]c1c([2H])c(-c2nc(-c3cccc([Si](c4ccccc4)(c4ccccc4)c4ccccc4)c3)nc(-c3c([2H])c([2H])c([2H])c([2H])c3-n3c4c([2H])c([2H])c([2H])c([2H])c4c4c([2H])c([2H])c([2H])c([2H])c43)n2)c([2H])c(-c2c([2H])c([2H])c3c(oc4c([2H])c([2H])c([2H])c([2H])c43)c2[2H])c1[2H]. The summed E-state index contributed by atoms with van der Waals surface area (Å²) < 4.78 is 217. The third-order valence-electron chi connectivity index (χ3n) is 11.9. The summed E-state index contributed by atoms with van der Waals surface area (Å²) in [6.45, 7) is 0. The number of aromatic nitrogens is 4. The van der Waals surface area contributed by atoms with E-state index in [1.165, 1.54) is 0 Å².